The molecule has 0 radical (unpaired) electrons. The van der Waals surface area contributed by atoms with Crippen molar-refractivity contribution in [3.63, 3.8) is 0 Å². The third kappa shape index (κ3) is 4.43. The molecule has 0 atom stereocenters. The molecule has 0 unspecified atom stereocenters. The smallest absolute Gasteiger partial charge is 0.311 e. The first-order valence-electron chi connectivity index (χ1n) is 6.69. The minimum Gasteiger partial charge on any atom is -0.484 e. The summed E-state index contributed by atoms with van der Waals surface area (Å²) in [6.07, 6.45) is 1.92. The van der Waals surface area contributed by atoms with Crippen molar-refractivity contribution >= 4 is 11.4 Å². The van der Waals surface area contributed by atoms with E-state index in [-0.39, 0.29) is 11.8 Å². The number of nitrogens with zero attached hydrogens (tertiary/aromatic N) is 1. The zero-order valence-corrected chi connectivity index (χ0v) is 12.0. The quantitative estimate of drug-likeness (QED) is 0.598. The second-order valence-electron chi connectivity index (χ2n) is 4.76. The van der Waals surface area contributed by atoms with Crippen LogP contribution in [0.4, 0.5) is 11.4 Å². The maximum absolute atomic E-state index is 11.0. The van der Waals surface area contributed by atoms with E-state index in [1.807, 2.05) is 13.8 Å². The Bertz CT molecular complexity index is 429. The van der Waals surface area contributed by atoms with E-state index in [9.17, 15) is 10.1 Å². The van der Waals surface area contributed by atoms with E-state index in [4.69, 9.17) is 4.74 Å². The summed E-state index contributed by atoms with van der Waals surface area (Å²) in [5.74, 6) is 0.316. The van der Waals surface area contributed by atoms with E-state index >= 15 is 0 Å². The molecule has 0 saturated carbocycles. The standard InChI is InChI=1S/C14H22N2O3/c1-5-11(6-2)15-12-7-8-13(16(17)18)14(9-12)19-10(3)4/h7-11,15H,5-6H2,1-4H3. The van der Waals surface area contributed by atoms with Gasteiger partial charge in [-0.1, -0.05) is 13.8 Å². The molecule has 0 spiro atoms. The van der Waals surface area contributed by atoms with E-state index in [0.29, 0.717) is 11.8 Å². The molecule has 106 valence electrons. The number of ether oxygens (including phenoxy) is 1. The molecular weight excluding hydrogens is 244 g/mol. The van der Waals surface area contributed by atoms with Gasteiger partial charge >= 0.3 is 5.69 Å². The van der Waals surface area contributed by atoms with Crippen LogP contribution >= 0.6 is 0 Å². The van der Waals surface area contributed by atoms with Crippen LogP contribution in [0.1, 0.15) is 40.5 Å². The highest BCUT2D eigenvalue weighted by atomic mass is 16.6. The molecule has 0 bridgehead atoms. The van der Waals surface area contributed by atoms with Crippen molar-refractivity contribution in [3.8, 4) is 5.75 Å². The van der Waals surface area contributed by atoms with E-state index in [2.05, 4.69) is 19.2 Å². The summed E-state index contributed by atoms with van der Waals surface area (Å²) in [7, 11) is 0. The van der Waals surface area contributed by atoms with Crippen LogP contribution in [-0.4, -0.2) is 17.1 Å². The molecule has 0 aliphatic carbocycles. The van der Waals surface area contributed by atoms with E-state index in [1.165, 1.54) is 6.07 Å². The van der Waals surface area contributed by atoms with Crippen LogP contribution in [0.5, 0.6) is 5.75 Å². The summed E-state index contributed by atoms with van der Waals surface area (Å²) < 4.78 is 5.51. The molecule has 19 heavy (non-hydrogen) atoms. The Labute approximate surface area is 114 Å². The Balaban J connectivity index is 3.00. The number of nitro benzene ring substituents is 1. The average Bonchev–Trinajstić information content (AvgIpc) is 2.35. The van der Waals surface area contributed by atoms with Crippen LogP contribution in [0, 0.1) is 10.1 Å². The lowest BCUT2D eigenvalue weighted by Crippen LogP contribution is -2.17. The molecule has 5 nitrogen and oxygen atoms in total. The third-order valence-electron chi connectivity index (χ3n) is 2.88. The van der Waals surface area contributed by atoms with Gasteiger partial charge in [-0.05, 0) is 32.8 Å². The fourth-order valence-corrected chi connectivity index (χ4v) is 1.83. The van der Waals surface area contributed by atoms with Gasteiger partial charge in [-0.2, -0.15) is 0 Å². The first-order valence-corrected chi connectivity index (χ1v) is 6.69. The molecule has 0 saturated heterocycles. The minimum absolute atomic E-state index is 0.00352. The fourth-order valence-electron chi connectivity index (χ4n) is 1.83. The lowest BCUT2D eigenvalue weighted by molar-refractivity contribution is -0.386. The highest BCUT2D eigenvalue weighted by Crippen LogP contribution is 2.31. The largest absolute Gasteiger partial charge is 0.484 e. The topological polar surface area (TPSA) is 64.4 Å². The van der Waals surface area contributed by atoms with Gasteiger partial charge in [0.25, 0.3) is 0 Å². The fraction of sp³-hybridized carbons (Fsp3) is 0.571. The van der Waals surface area contributed by atoms with Gasteiger partial charge in [0.15, 0.2) is 5.75 Å². The van der Waals surface area contributed by atoms with Crippen LogP contribution in [0.25, 0.3) is 0 Å². The van der Waals surface area contributed by atoms with Gasteiger partial charge in [0.1, 0.15) is 0 Å². The maximum atomic E-state index is 11.0. The van der Waals surface area contributed by atoms with Crippen molar-refractivity contribution in [2.75, 3.05) is 5.32 Å². The van der Waals surface area contributed by atoms with Gasteiger partial charge in [-0.3, -0.25) is 10.1 Å². The molecule has 5 heteroatoms. The maximum Gasteiger partial charge on any atom is 0.311 e. The SMILES string of the molecule is CCC(CC)Nc1ccc([N+](=O)[O-])c(OC(C)C)c1. The predicted molar refractivity (Wildman–Crippen MR) is 76.9 cm³/mol. The number of hydrogen-bond acceptors (Lipinski definition) is 4. The van der Waals surface area contributed by atoms with Crippen LogP contribution in [0.2, 0.25) is 0 Å². The molecule has 0 fully saturated rings. The van der Waals surface area contributed by atoms with Crippen molar-refractivity contribution in [3.05, 3.63) is 28.3 Å². The second kappa shape index (κ2) is 6.97. The van der Waals surface area contributed by atoms with Crippen molar-refractivity contribution in [2.24, 2.45) is 0 Å². The van der Waals surface area contributed by atoms with Gasteiger partial charge in [0.2, 0.25) is 0 Å². The average molecular weight is 266 g/mol. The van der Waals surface area contributed by atoms with Crippen molar-refractivity contribution in [2.45, 2.75) is 52.7 Å². The Morgan fingerprint density at radius 3 is 2.42 bits per heavy atom. The number of nitro groups is 1. The summed E-state index contributed by atoms with van der Waals surface area (Å²) in [6.45, 7) is 7.92. The highest BCUT2D eigenvalue weighted by molar-refractivity contribution is 5.58. The molecule has 1 rings (SSSR count). The van der Waals surface area contributed by atoms with E-state index < -0.39 is 4.92 Å². The van der Waals surface area contributed by atoms with Crippen molar-refractivity contribution < 1.29 is 9.66 Å². The number of nitrogens with one attached hydrogen (secondary N) is 1. The molecule has 1 aromatic rings. The van der Waals surface area contributed by atoms with Gasteiger partial charge in [0.05, 0.1) is 11.0 Å². The van der Waals surface area contributed by atoms with Crippen LogP contribution in [-0.2, 0) is 0 Å². The molecular formula is C14H22N2O3. The molecule has 1 N–H and O–H groups in total. The van der Waals surface area contributed by atoms with E-state index in [1.54, 1.807) is 12.1 Å². The first kappa shape index (κ1) is 15.3. The van der Waals surface area contributed by atoms with Gasteiger partial charge in [-0.25, -0.2) is 0 Å². The zero-order chi connectivity index (χ0) is 14.4. The Kier molecular flexibility index (Phi) is 5.60. The molecule has 0 aliphatic rings. The van der Waals surface area contributed by atoms with Gasteiger partial charge in [0, 0.05) is 23.9 Å². The second-order valence-corrected chi connectivity index (χ2v) is 4.76. The Morgan fingerprint density at radius 2 is 1.95 bits per heavy atom. The molecule has 0 aliphatic heterocycles. The first-order chi connectivity index (χ1) is 8.97. The lowest BCUT2D eigenvalue weighted by Gasteiger charge is -2.17. The lowest BCUT2D eigenvalue weighted by atomic mass is 10.1. The molecule has 0 heterocycles. The monoisotopic (exact) mass is 266 g/mol. The van der Waals surface area contributed by atoms with Crippen LogP contribution < -0.4 is 10.1 Å². The van der Waals surface area contributed by atoms with E-state index in [0.717, 1.165) is 18.5 Å². The summed E-state index contributed by atoms with van der Waals surface area (Å²) in [5.41, 5.74) is 0.860. The summed E-state index contributed by atoms with van der Waals surface area (Å²) in [6, 6.07) is 5.29. The van der Waals surface area contributed by atoms with Crippen molar-refractivity contribution in [1.29, 1.82) is 0 Å². The minimum atomic E-state index is -0.418. The summed E-state index contributed by atoms with van der Waals surface area (Å²) >= 11 is 0. The van der Waals surface area contributed by atoms with Gasteiger partial charge < -0.3 is 10.1 Å². The zero-order valence-electron chi connectivity index (χ0n) is 12.0. The summed E-state index contributed by atoms with van der Waals surface area (Å²) in [4.78, 5) is 10.5. The summed E-state index contributed by atoms with van der Waals surface area (Å²) in [5, 5.41) is 14.3. The highest BCUT2D eigenvalue weighted by Gasteiger charge is 2.17. The number of benzene rings is 1. The van der Waals surface area contributed by atoms with Gasteiger partial charge in [-0.15, -0.1) is 0 Å². The number of hydrogen-bond donors (Lipinski definition) is 1. The molecule has 0 amide bonds. The normalized spacial score (nSPS) is 10.8. The third-order valence-corrected chi connectivity index (χ3v) is 2.88. The Morgan fingerprint density at radius 1 is 1.32 bits per heavy atom. The van der Waals surface area contributed by atoms with Crippen molar-refractivity contribution in [1.82, 2.24) is 0 Å². The Hall–Kier alpha value is -1.78. The van der Waals surface area contributed by atoms with Crippen LogP contribution in [0.15, 0.2) is 18.2 Å². The molecule has 0 aromatic heterocycles. The number of rotatable bonds is 7. The number of anilines is 1. The molecule has 1 aromatic carbocycles. The predicted octanol–water partition coefficient (Wildman–Crippen LogP) is 3.98. The van der Waals surface area contributed by atoms with Crippen LogP contribution in [0.3, 0.4) is 0 Å².